The first-order valence-electron chi connectivity index (χ1n) is 12.2. The van der Waals surface area contributed by atoms with E-state index in [1.54, 1.807) is 0 Å². The fourth-order valence-corrected chi connectivity index (χ4v) is 5.63. The third-order valence-electron chi connectivity index (χ3n) is 6.66. The number of para-hydroxylation sites is 1. The number of hydrogen-bond acceptors (Lipinski definition) is 5. The number of hydrogen-bond donors (Lipinski definition) is 2. The third kappa shape index (κ3) is 4.38. The summed E-state index contributed by atoms with van der Waals surface area (Å²) in [6.45, 7) is 3.34. The van der Waals surface area contributed by atoms with Crippen molar-refractivity contribution >= 4 is 45.0 Å². The highest BCUT2D eigenvalue weighted by Gasteiger charge is 2.26. The van der Waals surface area contributed by atoms with Crippen molar-refractivity contribution in [1.82, 2.24) is 19.7 Å². The number of anilines is 1. The lowest BCUT2D eigenvalue weighted by Gasteiger charge is -2.17. The lowest BCUT2D eigenvalue weighted by molar-refractivity contribution is -0.115. The van der Waals surface area contributed by atoms with Crippen molar-refractivity contribution in [2.45, 2.75) is 42.8 Å². The molecule has 1 aliphatic rings. The molecule has 7 nitrogen and oxygen atoms in total. The van der Waals surface area contributed by atoms with E-state index in [0.717, 1.165) is 58.2 Å². The van der Waals surface area contributed by atoms with E-state index in [9.17, 15) is 4.79 Å². The van der Waals surface area contributed by atoms with Crippen LogP contribution in [-0.4, -0.2) is 43.6 Å². The molecule has 0 spiro atoms. The Hall–Kier alpha value is -3.62. The molecule has 3 aromatic carbocycles. The van der Waals surface area contributed by atoms with Crippen LogP contribution in [0.25, 0.3) is 33.1 Å². The Morgan fingerprint density at radius 3 is 2.78 bits per heavy atom. The second-order valence-corrected chi connectivity index (χ2v) is 10.4. The summed E-state index contributed by atoms with van der Waals surface area (Å²) in [7, 11) is 0. The Balaban J connectivity index is 1.28. The van der Waals surface area contributed by atoms with Gasteiger partial charge in [-0.1, -0.05) is 66.4 Å². The van der Waals surface area contributed by atoms with Crippen LogP contribution in [0.15, 0.2) is 78.1 Å². The van der Waals surface area contributed by atoms with E-state index in [1.807, 2.05) is 67.7 Å². The van der Waals surface area contributed by atoms with Crippen LogP contribution in [0.2, 0.25) is 0 Å². The van der Waals surface area contributed by atoms with Gasteiger partial charge in [0.15, 0.2) is 11.0 Å². The molecule has 2 atom stereocenters. The first-order valence-corrected chi connectivity index (χ1v) is 13.1. The maximum absolute atomic E-state index is 13.2. The molecule has 1 saturated heterocycles. The van der Waals surface area contributed by atoms with Crippen LogP contribution in [0.1, 0.15) is 19.8 Å². The molecule has 182 valence electrons. The molecular formula is C28H27N5O2S. The Morgan fingerprint density at radius 2 is 1.92 bits per heavy atom. The van der Waals surface area contributed by atoms with Gasteiger partial charge in [0, 0.05) is 40.3 Å². The summed E-state index contributed by atoms with van der Waals surface area (Å²) in [5.74, 6) is 0.712. The normalized spacial score (nSPS) is 16.5. The molecular weight excluding hydrogens is 470 g/mol. The van der Waals surface area contributed by atoms with Gasteiger partial charge in [0.25, 0.3) is 0 Å². The smallest absolute Gasteiger partial charge is 0.237 e. The summed E-state index contributed by atoms with van der Waals surface area (Å²) >= 11 is 1.42. The largest absolute Gasteiger partial charge is 0.376 e. The minimum absolute atomic E-state index is 0.0725. The van der Waals surface area contributed by atoms with Gasteiger partial charge in [-0.3, -0.25) is 9.36 Å². The maximum atomic E-state index is 13.2. The van der Waals surface area contributed by atoms with Crippen LogP contribution in [0, 0.1) is 0 Å². The number of aromatic nitrogens is 4. The van der Waals surface area contributed by atoms with Crippen molar-refractivity contribution in [1.29, 1.82) is 0 Å². The summed E-state index contributed by atoms with van der Waals surface area (Å²) in [4.78, 5) is 16.5. The molecule has 0 radical (unpaired) electrons. The molecule has 2 N–H and O–H groups in total. The zero-order chi connectivity index (χ0) is 24.5. The number of rotatable bonds is 7. The highest BCUT2D eigenvalue weighted by Crippen LogP contribution is 2.33. The zero-order valence-electron chi connectivity index (χ0n) is 20.0. The molecule has 1 amide bonds. The Labute approximate surface area is 213 Å². The van der Waals surface area contributed by atoms with E-state index in [2.05, 4.69) is 37.2 Å². The molecule has 5 aromatic rings. The summed E-state index contributed by atoms with van der Waals surface area (Å²) in [5, 5.41) is 15.8. The van der Waals surface area contributed by atoms with Gasteiger partial charge in [0.1, 0.15) is 0 Å². The number of nitrogens with zero attached hydrogens (tertiary/aromatic N) is 3. The summed E-state index contributed by atoms with van der Waals surface area (Å²) in [6, 6.07) is 22.2. The van der Waals surface area contributed by atoms with Gasteiger partial charge in [-0.15, -0.1) is 10.2 Å². The number of nitrogens with one attached hydrogen (secondary N) is 2. The van der Waals surface area contributed by atoms with E-state index in [-0.39, 0.29) is 17.3 Å². The maximum Gasteiger partial charge on any atom is 0.237 e. The topological polar surface area (TPSA) is 84.8 Å². The summed E-state index contributed by atoms with van der Waals surface area (Å²) < 4.78 is 8.05. The van der Waals surface area contributed by atoms with E-state index in [0.29, 0.717) is 11.7 Å². The van der Waals surface area contributed by atoms with E-state index in [1.165, 1.54) is 11.8 Å². The number of carbonyl (C=O) groups excluding carboxylic acids is 1. The molecule has 2 unspecified atom stereocenters. The van der Waals surface area contributed by atoms with Crippen molar-refractivity contribution in [3.63, 3.8) is 0 Å². The molecule has 2 aromatic heterocycles. The van der Waals surface area contributed by atoms with Crippen LogP contribution in [-0.2, 0) is 16.1 Å². The van der Waals surface area contributed by atoms with E-state index < -0.39 is 0 Å². The quantitative estimate of drug-likeness (QED) is 0.274. The molecule has 1 fully saturated rings. The predicted octanol–water partition coefficient (Wildman–Crippen LogP) is 5.88. The van der Waals surface area contributed by atoms with Crippen LogP contribution < -0.4 is 5.32 Å². The van der Waals surface area contributed by atoms with Crippen molar-refractivity contribution < 1.29 is 9.53 Å². The fraction of sp³-hybridized carbons (Fsp3) is 0.250. The highest BCUT2D eigenvalue weighted by molar-refractivity contribution is 8.00. The average Bonchev–Trinajstić information content (AvgIpc) is 3.65. The molecule has 1 aliphatic heterocycles. The zero-order valence-corrected chi connectivity index (χ0v) is 20.8. The Morgan fingerprint density at radius 1 is 1.11 bits per heavy atom. The van der Waals surface area contributed by atoms with Gasteiger partial charge in [-0.25, -0.2) is 0 Å². The Kier molecular flexibility index (Phi) is 6.21. The average molecular weight is 498 g/mol. The second-order valence-electron chi connectivity index (χ2n) is 9.08. The van der Waals surface area contributed by atoms with Gasteiger partial charge < -0.3 is 15.0 Å². The molecule has 3 heterocycles. The van der Waals surface area contributed by atoms with Crippen molar-refractivity contribution in [3.05, 3.63) is 72.9 Å². The standard InChI is InChI=1S/C28H27N5O2S/c1-18(27(34)30-25-14-6-9-19-8-2-3-11-21(19)25)36-28-32-31-26(33(28)17-20-10-7-15-35-20)23-16-29-24-13-5-4-12-22(23)24/h2-6,8-9,11-14,16,18,20,29H,7,10,15,17H2,1H3,(H,30,34). The first kappa shape index (κ1) is 22.8. The lowest BCUT2D eigenvalue weighted by Crippen LogP contribution is -2.23. The monoisotopic (exact) mass is 497 g/mol. The number of fused-ring (bicyclic) bond motifs is 2. The number of ether oxygens (including phenoxy) is 1. The second kappa shape index (κ2) is 9.79. The molecule has 0 saturated carbocycles. The fourth-order valence-electron chi connectivity index (χ4n) is 4.77. The van der Waals surface area contributed by atoms with Crippen molar-refractivity contribution in [2.24, 2.45) is 0 Å². The van der Waals surface area contributed by atoms with Gasteiger partial charge in [0.2, 0.25) is 5.91 Å². The van der Waals surface area contributed by atoms with Gasteiger partial charge >= 0.3 is 0 Å². The molecule has 0 bridgehead atoms. The first-order chi connectivity index (χ1) is 17.7. The molecule has 36 heavy (non-hydrogen) atoms. The van der Waals surface area contributed by atoms with E-state index >= 15 is 0 Å². The van der Waals surface area contributed by atoms with Gasteiger partial charge in [-0.05, 0) is 37.3 Å². The Bertz CT molecular complexity index is 1530. The predicted molar refractivity (Wildman–Crippen MR) is 144 cm³/mol. The van der Waals surface area contributed by atoms with Crippen molar-refractivity contribution in [2.75, 3.05) is 11.9 Å². The minimum Gasteiger partial charge on any atom is -0.376 e. The SMILES string of the molecule is CC(Sc1nnc(-c2c[nH]c3ccccc23)n1CC1CCCO1)C(=O)Nc1cccc2ccccc12. The van der Waals surface area contributed by atoms with Crippen molar-refractivity contribution in [3.8, 4) is 11.4 Å². The number of H-pyrrole nitrogens is 1. The lowest BCUT2D eigenvalue weighted by atomic mass is 10.1. The number of benzene rings is 3. The van der Waals surface area contributed by atoms with Crippen LogP contribution in [0.3, 0.4) is 0 Å². The molecule has 6 rings (SSSR count). The van der Waals surface area contributed by atoms with Crippen LogP contribution in [0.4, 0.5) is 5.69 Å². The number of aromatic amines is 1. The minimum atomic E-state index is -0.368. The molecule has 0 aliphatic carbocycles. The molecule has 8 heteroatoms. The van der Waals surface area contributed by atoms with Gasteiger partial charge in [-0.2, -0.15) is 0 Å². The van der Waals surface area contributed by atoms with E-state index in [4.69, 9.17) is 4.74 Å². The number of thioether (sulfide) groups is 1. The summed E-state index contributed by atoms with van der Waals surface area (Å²) in [5.41, 5.74) is 2.86. The van der Waals surface area contributed by atoms with Crippen LogP contribution in [0.5, 0.6) is 0 Å². The van der Waals surface area contributed by atoms with Crippen LogP contribution >= 0.6 is 11.8 Å². The highest BCUT2D eigenvalue weighted by atomic mass is 32.2. The number of amides is 1. The third-order valence-corrected chi connectivity index (χ3v) is 7.74. The number of carbonyl (C=O) groups is 1. The summed E-state index contributed by atoms with van der Waals surface area (Å²) in [6.07, 6.45) is 4.16. The van der Waals surface area contributed by atoms with Gasteiger partial charge in [0.05, 0.1) is 17.9 Å².